The fourth-order valence-corrected chi connectivity index (χ4v) is 1.20. The van der Waals surface area contributed by atoms with Gasteiger partial charge in [-0.3, -0.25) is 4.79 Å². The van der Waals surface area contributed by atoms with Crippen molar-refractivity contribution in [3.63, 3.8) is 0 Å². The predicted octanol–water partition coefficient (Wildman–Crippen LogP) is 0.486. The van der Waals surface area contributed by atoms with E-state index < -0.39 is 0 Å². The van der Waals surface area contributed by atoms with E-state index in [-0.39, 0.29) is 5.91 Å². The van der Waals surface area contributed by atoms with Gasteiger partial charge >= 0.3 is 5.91 Å². The van der Waals surface area contributed by atoms with Crippen molar-refractivity contribution in [2.75, 3.05) is 0 Å². The summed E-state index contributed by atoms with van der Waals surface area (Å²) in [6.45, 7) is 0.308. The molecule has 1 saturated carbocycles. The second-order valence-corrected chi connectivity index (χ2v) is 3.70. The summed E-state index contributed by atoms with van der Waals surface area (Å²) in [7, 11) is 0. The van der Waals surface area contributed by atoms with Gasteiger partial charge < -0.3 is 0 Å². The smallest absolute Gasteiger partial charge is 0.266 e. The van der Waals surface area contributed by atoms with Gasteiger partial charge in [0.2, 0.25) is 6.54 Å². The van der Waals surface area contributed by atoms with Crippen molar-refractivity contribution in [1.82, 2.24) is 5.43 Å². The Labute approximate surface area is 88.6 Å². The SMILES string of the molecule is O=C(C[n+]1ccccc1)N/N=C/C1CC1. The van der Waals surface area contributed by atoms with Crippen molar-refractivity contribution in [2.45, 2.75) is 19.4 Å². The molecule has 1 amide bonds. The highest BCUT2D eigenvalue weighted by Crippen LogP contribution is 2.25. The van der Waals surface area contributed by atoms with E-state index in [0.29, 0.717) is 12.5 Å². The topological polar surface area (TPSA) is 45.3 Å². The molecule has 15 heavy (non-hydrogen) atoms. The number of pyridine rings is 1. The van der Waals surface area contributed by atoms with Gasteiger partial charge in [0, 0.05) is 18.3 Å². The van der Waals surface area contributed by atoms with Crippen molar-refractivity contribution in [1.29, 1.82) is 0 Å². The van der Waals surface area contributed by atoms with Crippen LogP contribution in [-0.2, 0) is 11.3 Å². The molecule has 0 spiro atoms. The number of hydrogen-bond donors (Lipinski definition) is 1. The third-order valence-electron chi connectivity index (χ3n) is 2.20. The molecule has 1 heterocycles. The van der Waals surface area contributed by atoms with Crippen LogP contribution >= 0.6 is 0 Å². The van der Waals surface area contributed by atoms with Crippen LogP contribution in [0.15, 0.2) is 35.7 Å². The highest BCUT2D eigenvalue weighted by atomic mass is 16.2. The highest BCUT2D eigenvalue weighted by molar-refractivity contribution is 5.75. The maximum Gasteiger partial charge on any atom is 0.305 e. The number of aromatic nitrogens is 1. The first-order chi connectivity index (χ1) is 7.34. The van der Waals surface area contributed by atoms with Gasteiger partial charge in [-0.25, -0.2) is 5.43 Å². The average Bonchev–Trinajstić information content (AvgIpc) is 3.03. The molecule has 0 unspecified atom stereocenters. The zero-order valence-electron chi connectivity index (χ0n) is 8.47. The van der Waals surface area contributed by atoms with Crippen LogP contribution in [0, 0.1) is 5.92 Å². The minimum absolute atomic E-state index is 0.0944. The van der Waals surface area contributed by atoms with Gasteiger partial charge in [-0.2, -0.15) is 9.67 Å². The van der Waals surface area contributed by atoms with Gasteiger partial charge in [0.1, 0.15) is 0 Å². The van der Waals surface area contributed by atoms with Crippen molar-refractivity contribution in [3.05, 3.63) is 30.6 Å². The second kappa shape index (κ2) is 4.68. The summed E-state index contributed by atoms with van der Waals surface area (Å²) in [4.78, 5) is 11.4. The number of amides is 1. The van der Waals surface area contributed by atoms with Gasteiger partial charge in [0.05, 0.1) is 0 Å². The maximum absolute atomic E-state index is 11.4. The Balaban J connectivity index is 1.76. The minimum atomic E-state index is -0.0944. The average molecular weight is 204 g/mol. The van der Waals surface area contributed by atoms with Crippen LogP contribution in [0.4, 0.5) is 0 Å². The van der Waals surface area contributed by atoms with Crippen LogP contribution in [0.25, 0.3) is 0 Å². The molecular formula is C11H14N3O+. The predicted molar refractivity (Wildman–Crippen MR) is 56.0 cm³/mol. The summed E-state index contributed by atoms with van der Waals surface area (Å²) in [5.41, 5.74) is 2.51. The maximum atomic E-state index is 11.4. The molecule has 78 valence electrons. The number of hydrazone groups is 1. The van der Waals surface area contributed by atoms with Crippen molar-refractivity contribution >= 4 is 12.1 Å². The van der Waals surface area contributed by atoms with Crippen LogP contribution in [-0.4, -0.2) is 12.1 Å². The van der Waals surface area contributed by atoms with E-state index in [1.54, 1.807) is 0 Å². The lowest BCUT2D eigenvalue weighted by molar-refractivity contribution is -0.684. The molecule has 4 heteroatoms. The summed E-state index contributed by atoms with van der Waals surface area (Å²) in [5, 5.41) is 3.89. The van der Waals surface area contributed by atoms with Crippen LogP contribution < -0.4 is 9.99 Å². The van der Waals surface area contributed by atoms with Gasteiger partial charge in [0.25, 0.3) is 0 Å². The van der Waals surface area contributed by atoms with Crippen molar-refractivity contribution in [3.8, 4) is 0 Å². The zero-order valence-corrected chi connectivity index (χ0v) is 8.47. The number of nitrogens with one attached hydrogen (secondary N) is 1. The number of rotatable bonds is 4. The van der Waals surface area contributed by atoms with E-state index in [1.165, 1.54) is 12.8 Å². The molecule has 0 aliphatic heterocycles. The van der Waals surface area contributed by atoms with Crippen LogP contribution in [0.1, 0.15) is 12.8 Å². The third kappa shape index (κ3) is 3.50. The van der Waals surface area contributed by atoms with Gasteiger partial charge in [0.15, 0.2) is 12.4 Å². The minimum Gasteiger partial charge on any atom is -0.266 e. The Morgan fingerprint density at radius 2 is 2.13 bits per heavy atom. The van der Waals surface area contributed by atoms with E-state index in [0.717, 1.165) is 0 Å². The Hall–Kier alpha value is -1.71. The second-order valence-electron chi connectivity index (χ2n) is 3.70. The molecule has 1 N–H and O–H groups in total. The van der Waals surface area contributed by atoms with E-state index in [1.807, 2.05) is 41.4 Å². The molecule has 4 nitrogen and oxygen atoms in total. The van der Waals surface area contributed by atoms with Gasteiger partial charge in [-0.15, -0.1) is 0 Å². The molecule has 1 fully saturated rings. The molecule has 0 radical (unpaired) electrons. The number of carbonyl (C=O) groups excluding carboxylic acids is 1. The number of hydrogen-bond acceptors (Lipinski definition) is 2. The molecule has 1 aliphatic rings. The lowest BCUT2D eigenvalue weighted by Crippen LogP contribution is -2.40. The van der Waals surface area contributed by atoms with Crippen molar-refractivity contribution < 1.29 is 9.36 Å². The normalized spacial score (nSPS) is 15.5. The molecule has 2 rings (SSSR count). The van der Waals surface area contributed by atoms with E-state index in [9.17, 15) is 4.79 Å². The largest absolute Gasteiger partial charge is 0.305 e. The Kier molecular flexibility index (Phi) is 3.07. The fourth-order valence-electron chi connectivity index (χ4n) is 1.20. The Morgan fingerprint density at radius 3 is 2.80 bits per heavy atom. The van der Waals surface area contributed by atoms with Crippen LogP contribution in [0.2, 0.25) is 0 Å². The van der Waals surface area contributed by atoms with Crippen LogP contribution in [0.5, 0.6) is 0 Å². The molecular weight excluding hydrogens is 190 g/mol. The number of carbonyl (C=O) groups is 1. The molecule has 1 aromatic heterocycles. The number of nitrogens with zero attached hydrogens (tertiary/aromatic N) is 2. The van der Waals surface area contributed by atoms with E-state index in [2.05, 4.69) is 10.5 Å². The van der Waals surface area contributed by atoms with Crippen LogP contribution in [0.3, 0.4) is 0 Å². The summed E-state index contributed by atoms with van der Waals surface area (Å²) in [6, 6.07) is 5.70. The molecule has 1 aliphatic carbocycles. The summed E-state index contributed by atoms with van der Waals surface area (Å²) < 4.78 is 1.81. The first-order valence-corrected chi connectivity index (χ1v) is 5.11. The van der Waals surface area contributed by atoms with E-state index >= 15 is 0 Å². The Morgan fingerprint density at radius 1 is 1.40 bits per heavy atom. The quantitative estimate of drug-likeness (QED) is 0.433. The first-order valence-electron chi connectivity index (χ1n) is 5.11. The summed E-state index contributed by atoms with van der Waals surface area (Å²) in [5.74, 6) is 0.498. The lowest BCUT2D eigenvalue weighted by Gasteiger charge is -1.95. The van der Waals surface area contributed by atoms with E-state index in [4.69, 9.17) is 0 Å². The molecule has 0 bridgehead atoms. The standard InChI is InChI=1S/C11H13N3O/c15-11(13-12-8-10-4-5-10)9-14-6-2-1-3-7-14/h1-3,6-8,10H,4-5,9H2/p+1/b12-8+. The Bertz CT molecular complexity index is 357. The molecule has 0 saturated heterocycles. The monoisotopic (exact) mass is 204 g/mol. The van der Waals surface area contributed by atoms with Gasteiger partial charge in [-0.05, 0) is 18.8 Å². The summed E-state index contributed by atoms with van der Waals surface area (Å²) in [6.07, 6.45) is 7.92. The molecule has 1 aromatic rings. The third-order valence-corrected chi connectivity index (χ3v) is 2.20. The highest BCUT2D eigenvalue weighted by Gasteiger charge is 2.18. The molecule has 0 aromatic carbocycles. The fraction of sp³-hybridized carbons (Fsp3) is 0.364. The molecule has 0 atom stereocenters. The summed E-state index contributed by atoms with van der Waals surface area (Å²) >= 11 is 0. The zero-order chi connectivity index (χ0) is 10.5. The lowest BCUT2D eigenvalue weighted by atomic mass is 10.4. The van der Waals surface area contributed by atoms with Gasteiger partial charge in [-0.1, -0.05) is 6.07 Å². The first kappa shape index (κ1) is 9.83. The van der Waals surface area contributed by atoms with Crippen molar-refractivity contribution in [2.24, 2.45) is 11.0 Å².